The molecule has 2 aliphatic carbocycles. The lowest BCUT2D eigenvalue weighted by molar-refractivity contribution is 0.144. The van der Waals surface area contributed by atoms with Crippen molar-refractivity contribution >= 4 is 11.7 Å². The minimum Gasteiger partial charge on any atom is -0.449 e. The van der Waals surface area contributed by atoms with Crippen LogP contribution in [0.1, 0.15) is 38.3 Å². The van der Waals surface area contributed by atoms with Crippen molar-refractivity contribution in [1.82, 2.24) is 0 Å². The molecule has 1 N–H and O–H groups in total. The highest BCUT2D eigenvalue weighted by Crippen LogP contribution is 2.54. The van der Waals surface area contributed by atoms with Gasteiger partial charge in [-0.2, -0.15) is 0 Å². The summed E-state index contributed by atoms with van der Waals surface area (Å²) >= 11 is 0. The third-order valence-electron chi connectivity index (χ3n) is 4.44. The molecule has 0 aliphatic heterocycles. The molecule has 0 fully saturated rings. The SMILES string of the molecule is CC1C=C2c3cc(OC(=O)O)ccc3C(C)(C)CC21. The van der Waals surface area contributed by atoms with E-state index >= 15 is 0 Å². The Bertz CT molecular complexity index is 584. The topological polar surface area (TPSA) is 46.5 Å². The van der Waals surface area contributed by atoms with E-state index in [1.807, 2.05) is 12.1 Å². The van der Waals surface area contributed by atoms with Crippen LogP contribution in [0.4, 0.5) is 4.79 Å². The smallest absolute Gasteiger partial charge is 0.449 e. The molecule has 19 heavy (non-hydrogen) atoms. The van der Waals surface area contributed by atoms with Gasteiger partial charge in [0.05, 0.1) is 0 Å². The summed E-state index contributed by atoms with van der Waals surface area (Å²) in [5, 5.41) is 8.71. The van der Waals surface area contributed by atoms with Gasteiger partial charge in [0.1, 0.15) is 5.75 Å². The molecule has 0 bridgehead atoms. The fourth-order valence-corrected chi connectivity index (χ4v) is 3.45. The summed E-state index contributed by atoms with van der Waals surface area (Å²) < 4.78 is 4.77. The van der Waals surface area contributed by atoms with Crippen molar-refractivity contribution in [2.45, 2.75) is 32.6 Å². The van der Waals surface area contributed by atoms with Gasteiger partial charge in [0.15, 0.2) is 0 Å². The Morgan fingerprint density at radius 2 is 2.16 bits per heavy atom. The van der Waals surface area contributed by atoms with Gasteiger partial charge in [0.25, 0.3) is 0 Å². The highest BCUT2D eigenvalue weighted by atomic mass is 16.7. The van der Waals surface area contributed by atoms with Gasteiger partial charge in [-0.05, 0) is 52.5 Å². The Balaban J connectivity index is 2.09. The maximum atomic E-state index is 10.6. The number of benzene rings is 1. The standard InChI is InChI=1S/C16H18O3/c1-9-6-11-12-7-10(19-15(17)18)4-5-14(12)16(2,3)8-13(9)11/h4-7,9,13H,8H2,1-3H3,(H,17,18). The van der Waals surface area contributed by atoms with E-state index in [9.17, 15) is 4.79 Å². The molecule has 3 nitrogen and oxygen atoms in total. The molecular weight excluding hydrogens is 240 g/mol. The Morgan fingerprint density at radius 1 is 1.42 bits per heavy atom. The number of allylic oxidation sites excluding steroid dienone is 2. The molecule has 0 saturated carbocycles. The molecule has 1 aromatic carbocycles. The third kappa shape index (κ3) is 1.84. The molecule has 0 spiro atoms. The quantitative estimate of drug-likeness (QED) is 0.610. The fraction of sp³-hybridized carbons (Fsp3) is 0.438. The van der Waals surface area contributed by atoms with Crippen molar-refractivity contribution in [2.75, 3.05) is 0 Å². The molecule has 100 valence electrons. The first-order chi connectivity index (χ1) is 8.88. The minimum absolute atomic E-state index is 0.133. The van der Waals surface area contributed by atoms with Crippen LogP contribution in [-0.2, 0) is 5.41 Å². The molecule has 3 heteroatoms. The van der Waals surface area contributed by atoms with Crippen molar-refractivity contribution < 1.29 is 14.6 Å². The Morgan fingerprint density at radius 3 is 2.79 bits per heavy atom. The Labute approximate surface area is 112 Å². The summed E-state index contributed by atoms with van der Waals surface area (Å²) in [7, 11) is 0. The molecular formula is C16H18O3. The number of hydrogen-bond acceptors (Lipinski definition) is 2. The zero-order chi connectivity index (χ0) is 13.8. The Kier molecular flexibility index (Phi) is 2.49. The van der Waals surface area contributed by atoms with E-state index < -0.39 is 6.16 Å². The number of fused-ring (bicyclic) bond motifs is 3. The van der Waals surface area contributed by atoms with Crippen LogP contribution in [0.3, 0.4) is 0 Å². The van der Waals surface area contributed by atoms with Gasteiger partial charge in [-0.15, -0.1) is 0 Å². The van der Waals surface area contributed by atoms with Gasteiger partial charge in [-0.3, -0.25) is 0 Å². The maximum absolute atomic E-state index is 10.6. The highest BCUT2D eigenvalue weighted by molar-refractivity contribution is 5.79. The van der Waals surface area contributed by atoms with Crippen molar-refractivity contribution in [1.29, 1.82) is 0 Å². The summed E-state index contributed by atoms with van der Waals surface area (Å²) in [5.74, 6) is 1.62. The molecule has 0 aromatic heterocycles. The van der Waals surface area contributed by atoms with Crippen molar-refractivity contribution in [2.24, 2.45) is 11.8 Å². The van der Waals surface area contributed by atoms with E-state index in [1.54, 1.807) is 6.07 Å². The summed E-state index contributed by atoms with van der Waals surface area (Å²) in [5.41, 5.74) is 3.95. The van der Waals surface area contributed by atoms with Crippen LogP contribution in [0, 0.1) is 11.8 Å². The second-order valence-corrected chi connectivity index (χ2v) is 6.25. The summed E-state index contributed by atoms with van der Waals surface area (Å²) in [4.78, 5) is 10.6. The first-order valence-corrected chi connectivity index (χ1v) is 6.66. The van der Waals surface area contributed by atoms with Gasteiger partial charge in [-0.25, -0.2) is 4.79 Å². The van der Waals surface area contributed by atoms with E-state index in [0.717, 1.165) is 12.0 Å². The number of hydrogen-bond donors (Lipinski definition) is 1. The normalized spacial score (nSPS) is 26.6. The minimum atomic E-state index is -1.26. The second-order valence-electron chi connectivity index (χ2n) is 6.25. The van der Waals surface area contributed by atoms with Gasteiger partial charge in [0.2, 0.25) is 0 Å². The number of ether oxygens (including phenoxy) is 1. The monoisotopic (exact) mass is 258 g/mol. The van der Waals surface area contributed by atoms with E-state index in [2.05, 4.69) is 26.8 Å². The van der Waals surface area contributed by atoms with Gasteiger partial charge in [-0.1, -0.05) is 32.9 Å². The highest BCUT2D eigenvalue weighted by Gasteiger charge is 2.42. The largest absolute Gasteiger partial charge is 0.511 e. The summed E-state index contributed by atoms with van der Waals surface area (Å²) in [6.45, 7) is 6.75. The third-order valence-corrected chi connectivity index (χ3v) is 4.44. The van der Waals surface area contributed by atoms with Crippen LogP contribution in [-0.4, -0.2) is 11.3 Å². The van der Waals surface area contributed by atoms with E-state index in [1.165, 1.54) is 11.1 Å². The number of rotatable bonds is 1. The van der Waals surface area contributed by atoms with Gasteiger partial charge < -0.3 is 9.84 Å². The molecule has 2 atom stereocenters. The maximum Gasteiger partial charge on any atom is 0.511 e. The average molecular weight is 258 g/mol. The van der Waals surface area contributed by atoms with Crippen LogP contribution >= 0.6 is 0 Å². The molecule has 0 radical (unpaired) electrons. The predicted octanol–water partition coefficient (Wildman–Crippen LogP) is 4.07. The molecule has 3 rings (SSSR count). The molecule has 0 heterocycles. The van der Waals surface area contributed by atoms with Crippen molar-refractivity contribution in [3.05, 3.63) is 35.4 Å². The zero-order valence-corrected chi connectivity index (χ0v) is 11.4. The first kappa shape index (κ1) is 12.3. The van der Waals surface area contributed by atoms with Crippen LogP contribution in [0.25, 0.3) is 5.57 Å². The molecule has 2 unspecified atom stereocenters. The fourth-order valence-electron chi connectivity index (χ4n) is 3.45. The Hall–Kier alpha value is -1.77. The van der Waals surface area contributed by atoms with Crippen LogP contribution in [0.5, 0.6) is 5.75 Å². The van der Waals surface area contributed by atoms with E-state index in [0.29, 0.717) is 17.6 Å². The number of carboxylic acid groups (broad SMARTS) is 1. The molecule has 1 aromatic rings. The van der Waals surface area contributed by atoms with E-state index in [-0.39, 0.29) is 5.41 Å². The zero-order valence-electron chi connectivity index (χ0n) is 11.4. The van der Waals surface area contributed by atoms with Crippen LogP contribution in [0.2, 0.25) is 0 Å². The lowest BCUT2D eigenvalue weighted by atomic mass is 9.58. The summed E-state index contributed by atoms with van der Waals surface area (Å²) in [6.07, 6.45) is 2.18. The van der Waals surface area contributed by atoms with Gasteiger partial charge in [0, 0.05) is 0 Å². The molecule has 2 aliphatic rings. The second kappa shape index (κ2) is 3.86. The average Bonchev–Trinajstić information content (AvgIpc) is 2.31. The lowest BCUT2D eigenvalue weighted by Crippen LogP contribution is -2.36. The lowest BCUT2D eigenvalue weighted by Gasteiger charge is -2.46. The van der Waals surface area contributed by atoms with Gasteiger partial charge >= 0.3 is 6.16 Å². The summed E-state index contributed by atoms with van der Waals surface area (Å²) in [6, 6.07) is 5.63. The molecule has 0 amide bonds. The first-order valence-electron chi connectivity index (χ1n) is 6.66. The predicted molar refractivity (Wildman–Crippen MR) is 73.4 cm³/mol. The van der Waals surface area contributed by atoms with Crippen molar-refractivity contribution in [3.63, 3.8) is 0 Å². The molecule has 0 saturated heterocycles. The van der Waals surface area contributed by atoms with Crippen LogP contribution in [0.15, 0.2) is 24.3 Å². The van der Waals surface area contributed by atoms with Crippen LogP contribution < -0.4 is 4.74 Å². The van der Waals surface area contributed by atoms with E-state index in [4.69, 9.17) is 9.84 Å². The van der Waals surface area contributed by atoms with Crippen molar-refractivity contribution in [3.8, 4) is 5.75 Å². The number of carbonyl (C=O) groups is 1.